The fraction of sp³-hybridized carbons (Fsp3) is 0.350. The Hall–Kier alpha value is -2.81. The molecule has 0 heterocycles. The van der Waals surface area contributed by atoms with E-state index in [1.165, 1.54) is 0 Å². The molecule has 0 bridgehead atoms. The van der Waals surface area contributed by atoms with Crippen molar-refractivity contribution in [2.45, 2.75) is 37.8 Å². The van der Waals surface area contributed by atoms with Gasteiger partial charge in [0, 0.05) is 18.7 Å². The molecular formula is C20H20F4N2O3. The number of nitrogens with one attached hydrogen (secondary N) is 2. The highest BCUT2D eigenvalue weighted by molar-refractivity contribution is 5.89. The van der Waals surface area contributed by atoms with Crippen molar-refractivity contribution in [2.75, 3.05) is 11.9 Å². The SMILES string of the molecule is CCOC1CC(NC(=O)Nc2ccc(F)c(C(F)(F)F)c2)C1Oc1ccccc1. The molecule has 9 heteroatoms. The molecule has 0 spiro atoms. The van der Waals surface area contributed by atoms with Crippen LogP contribution in [0.3, 0.4) is 0 Å². The van der Waals surface area contributed by atoms with E-state index in [1.54, 1.807) is 12.1 Å². The van der Waals surface area contributed by atoms with E-state index in [2.05, 4.69) is 10.6 Å². The number of ether oxygens (including phenoxy) is 2. The number of carbonyl (C=O) groups is 1. The Bertz CT molecular complexity index is 845. The fourth-order valence-corrected chi connectivity index (χ4v) is 3.07. The number of anilines is 1. The van der Waals surface area contributed by atoms with Gasteiger partial charge in [-0.15, -0.1) is 0 Å². The van der Waals surface area contributed by atoms with Gasteiger partial charge in [-0.3, -0.25) is 0 Å². The van der Waals surface area contributed by atoms with Crippen LogP contribution in [0.5, 0.6) is 5.75 Å². The third kappa shape index (κ3) is 5.17. The summed E-state index contributed by atoms with van der Waals surface area (Å²) in [5.74, 6) is -0.791. The maximum absolute atomic E-state index is 13.4. The van der Waals surface area contributed by atoms with E-state index in [0.717, 1.165) is 6.07 Å². The molecule has 2 aromatic rings. The molecule has 156 valence electrons. The molecule has 0 aliphatic heterocycles. The van der Waals surface area contributed by atoms with E-state index in [4.69, 9.17) is 9.47 Å². The first-order chi connectivity index (χ1) is 13.8. The number of hydrogen-bond acceptors (Lipinski definition) is 3. The van der Waals surface area contributed by atoms with Gasteiger partial charge >= 0.3 is 12.2 Å². The van der Waals surface area contributed by atoms with Crippen LogP contribution in [-0.2, 0) is 10.9 Å². The van der Waals surface area contributed by atoms with Gasteiger partial charge in [0.2, 0.25) is 0 Å². The Kier molecular flexibility index (Phi) is 6.26. The Morgan fingerprint density at radius 3 is 2.55 bits per heavy atom. The van der Waals surface area contributed by atoms with Gasteiger partial charge < -0.3 is 20.1 Å². The van der Waals surface area contributed by atoms with E-state index < -0.39 is 35.7 Å². The summed E-state index contributed by atoms with van der Waals surface area (Å²) in [5.41, 5.74) is -1.61. The summed E-state index contributed by atoms with van der Waals surface area (Å²) in [5, 5.41) is 4.97. The third-order valence-electron chi connectivity index (χ3n) is 4.49. The van der Waals surface area contributed by atoms with Crippen LogP contribution >= 0.6 is 0 Å². The second-order valence-corrected chi connectivity index (χ2v) is 6.52. The number of para-hydroxylation sites is 1. The molecule has 3 rings (SSSR count). The Balaban J connectivity index is 1.63. The Morgan fingerprint density at radius 1 is 1.17 bits per heavy atom. The zero-order valence-corrected chi connectivity index (χ0v) is 15.5. The highest BCUT2D eigenvalue weighted by Crippen LogP contribution is 2.33. The van der Waals surface area contributed by atoms with Gasteiger partial charge in [-0.25, -0.2) is 9.18 Å². The molecule has 1 aliphatic carbocycles. The van der Waals surface area contributed by atoms with Crippen molar-refractivity contribution in [2.24, 2.45) is 0 Å². The average molecular weight is 412 g/mol. The maximum atomic E-state index is 13.4. The van der Waals surface area contributed by atoms with Crippen LogP contribution < -0.4 is 15.4 Å². The van der Waals surface area contributed by atoms with Gasteiger partial charge in [0.25, 0.3) is 0 Å². The number of rotatable bonds is 6. The van der Waals surface area contributed by atoms with E-state index in [0.29, 0.717) is 30.9 Å². The van der Waals surface area contributed by atoms with Gasteiger partial charge in [0.15, 0.2) is 0 Å². The molecule has 5 nitrogen and oxygen atoms in total. The van der Waals surface area contributed by atoms with Crippen molar-refractivity contribution in [3.05, 3.63) is 59.9 Å². The number of hydrogen-bond donors (Lipinski definition) is 2. The standard InChI is InChI=1S/C20H20F4N2O3/c1-2-28-17-11-16(18(17)29-13-6-4-3-5-7-13)26-19(27)25-12-8-9-15(21)14(10-12)20(22,23)24/h3-10,16-18H,2,11H2,1H3,(H2,25,26,27). The summed E-state index contributed by atoms with van der Waals surface area (Å²) in [6, 6.07) is 10.2. The van der Waals surface area contributed by atoms with Crippen molar-refractivity contribution >= 4 is 11.7 Å². The summed E-state index contributed by atoms with van der Waals surface area (Å²) < 4.78 is 63.3. The summed E-state index contributed by atoms with van der Waals surface area (Å²) >= 11 is 0. The number of benzene rings is 2. The summed E-state index contributed by atoms with van der Waals surface area (Å²) in [6.07, 6.45) is -5.02. The van der Waals surface area contributed by atoms with Crippen molar-refractivity contribution in [1.29, 1.82) is 0 Å². The second-order valence-electron chi connectivity index (χ2n) is 6.52. The van der Waals surface area contributed by atoms with Crippen LogP contribution in [0, 0.1) is 5.82 Å². The molecule has 29 heavy (non-hydrogen) atoms. The van der Waals surface area contributed by atoms with Gasteiger partial charge in [-0.1, -0.05) is 18.2 Å². The molecule has 1 aliphatic rings. The number of carbonyl (C=O) groups excluding carboxylic acids is 1. The first kappa shape index (κ1) is 20.9. The quantitative estimate of drug-likeness (QED) is 0.683. The first-order valence-corrected chi connectivity index (χ1v) is 9.05. The molecule has 0 saturated heterocycles. The highest BCUT2D eigenvalue weighted by Gasteiger charge is 2.45. The zero-order valence-electron chi connectivity index (χ0n) is 15.5. The minimum absolute atomic E-state index is 0.169. The lowest BCUT2D eigenvalue weighted by atomic mass is 9.85. The summed E-state index contributed by atoms with van der Waals surface area (Å²) in [4.78, 5) is 12.2. The van der Waals surface area contributed by atoms with E-state index in [-0.39, 0.29) is 11.8 Å². The minimum Gasteiger partial charge on any atom is -0.486 e. The van der Waals surface area contributed by atoms with Gasteiger partial charge in [-0.2, -0.15) is 13.2 Å². The van der Waals surface area contributed by atoms with Gasteiger partial charge in [-0.05, 0) is 37.3 Å². The Labute approximate surface area is 165 Å². The maximum Gasteiger partial charge on any atom is 0.419 e. The normalized spacial score (nSPS) is 21.2. The van der Waals surface area contributed by atoms with Crippen LogP contribution in [0.4, 0.5) is 28.0 Å². The number of alkyl halides is 3. The molecule has 3 unspecified atom stereocenters. The van der Waals surface area contributed by atoms with Crippen molar-refractivity contribution in [3.8, 4) is 5.75 Å². The molecule has 0 aromatic heterocycles. The predicted molar refractivity (Wildman–Crippen MR) is 98.2 cm³/mol. The molecule has 3 atom stereocenters. The van der Waals surface area contributed by atoms with E-state index in [9.17, 15) is 22.4 Å². The van der Waals surface area contributed by atoms with Crippen LogP contribution in [0.2, 0.25) is 0 Å². The lowest BCUT2D eigenvalue weighted by Gasteiger charge is -2.43. The number of amides is 2. The molecule has 2 aromatic carbocycles. The van der Waals surface area contributed by atoms with Crippen LogP contribution in [0.1, 0.15) is 18.9 Å². The monoisotopic (exact) mass is 412 g/mol. The lowest BCUT2D eigenvalue weighted by molar-refractivity contribution is -0.139. The van der Waals surface area contributed by atoms with Crippen LogP contribution in [-0.4, -0.2) is 30.9 Å². The Morgan fingerprint density at radius 2 is 1.90 bits per heavy atom. The fourth-order valence-electron chi connectivity index (χ4n) is 3.07. The molecule has 1 fully saturated rings. The van der Waals surface area contributed by atoms with E-state index in [1.807, 2.05) is 25.1 Å². The number of urea groups is 1. The largest absolute Gasteiger partial charge is 0.486 e. The summed E-state index contributed by atoms with van der Waals surface area (Å²) in [7, 11) is 0. The smallest absolute Gasteiger partial charge is 0.419 e. The topological polar surface area (TPSA) is 59.6 Å². The molecule has 2 N–H and O–H groups in total. The van der Waals surface area contributed by atoms with Crippen molar-refractivity contribution in [1.82, 2.24) is 5.32 Å². The third-order valence-corrected chi connectivity index (χ3v) is 4.49. The van der Waals surface area contributed by atoms with Crippen molar-refractivity contribution in [3.63, 3.8) is 0 Å². The first-order valence-electron chi connectivity index (χ1n) is 9.05. The van der Waals surface area contributed by atoms with Gasteiger partial charge in [0.1, 0.15) is 17.7 Å². The van der Waals surface area contributed by atoms with E-state index >= 15 is 0 Å². The molecule has 0 radical (unpaired) electrons. The molecule has 2 amide bonds. The van der Waals surface area contributed by atoms with Gasteiger partial charge in [0.05, 0.1) is 17.7 Å². The summed E-state index contributed by atoms with van der Waals surface area (Å²) in [6.45, 7) is 2.33. The zero-order chi connectivity index (χ0) is 21.0. The number of halogens is 4. The van der Waals surface area contributed by atoms with Crippen LogP contribution in [0.15, 0.2) is 48.5 Å². The molecular weight excluding hydrogens is 392 g/mol. The minimum atomic E-state index is -4.86. The lowest BCUT2D eigenvalue weighted by Crippen LogP contribution is -2.63. The predicted octanol–water partition coefficient (Wildman–Crippen LogP) is 4.59. The highest BCUT2D eigenvalue weighted by atomic mass is 19.4. The van der Waals surface area contributed by atoms with Crippen LogP contribution in [0.25, 0.3) is 0 Å². The molecule has 1 saturated carbocycles. The second kappa shape index (κ2) is 8.69. The van der Waals surface area contributed by atoms with Crippen molar-refractivity contribution < 1.29 is 31.8 Å². The average Bonchev–Trinajstić information content (AvgIpc) is 2.67.